The van der Waals surface area contributed by atoms with Gasteiger partial charge in [-0.05, 0) is 57.9 Å². The molecule has 25 heavy (non-hydrogen) atoms. The van der Waals surface area contributed by atoms with Crippen LogP contribution in [0.1, 0.15) is 5.56 Å². The van der Waals surface area contributed by atoms with Gasteiger partial charge in [0.15, 0.2) is 18.1 Å². The van der Waals surface area contributed by atoms with E-state index in [1.807, 2.05) is 12.1 Å². The Morgan fingerprint density at radius 3 is 2.48 bits per heavy atom. The number of nitrogens with one attached hydrogen (secondary N) is 1. The van der Waals surface area contributed by atoms with E-state index in [1.54, 1.807) is 31.4 Å². The zero-order valence-corrected chi connectivity index (χ0v) is 16.8. The van der Waals surface area contributed by atoms with E-state index in [0.29, 0.717) is 11.5 Å². The molecule has 0 aliphatic carbocycles. The lowest BCUT2D eigenvalue weighted by Crippen LogP contribution is -2.24. The van der Waals surface area contributed by atoms with Crippen molar-refractivity contribution in [3.8, 4) is 17.2 Å². The van der Waals surface area contributed by atoms with E-state index in [9.17, 15) is 4.79 Å². The first kappa shape index (κ1) is 19.3. The molecule has 0 spiro atoms. The lowest BCUT2D eigenvalue weighted by molar-refractivity contribution is -0.123. The second-order valence-electron chi connectivity index (χ2n) is 4.77. The van der Waals surface area contributed by atoms with Crippen LogP contribution in [0.15, 0.2) is 50.4 Å². The fourth-order valence-corrected chi connectivity index (χ4v) is 2.78. The Morgan fingerprint density at radius 2 is 1.80 bits per heavy atom. The third-order valence-electron chi connectivity index (χ3n) is 3.06. The minimum atomic E-state index is -0.381. The highest BCUT2D eigenvalue weighted by molar-refractivity contribution is 9.10. The molecule has 0 aliphatic rings. The summed E-state index contributed by atoms with van der Waals surface area (Å²) >= 11 is 6.73. The number of hydrogen-bond acceptors (Lipinski definition) is 5. The number of rotatable bonds is 7. The third-order valence-corrected chi connectivity index (χ3v) is 4.18. The molecule has 0 radical (unpaired) electrons. The van der Waals surface area contributed by atoms with Gasteiger partial charge >= 0.3 is 0 Å². The molecule has 0 bridgehead atoms. The summed E-state index contributed by atoms with van der Waals surface area (Å²) in [4.78, 5) is 11.8. The quantitative estimate of drug-likeness (QED) is 0.493. The van der Waals surface area contributed by atoms with Gasteiger partial charge in [0.1, 0.15) is 5.75 Å². The minimum absolute atomic E-state index is 0.179. The summed E-state index contributed by atoms with van der Waals surface area (Å²) in [7, 11) is 3.13. The van der Waals surface area contributed by atoms with E-state index in [-0.39, 0.29) is 12.5 Å². The predicted octanol–water partition coefficient (Wildman–Crippen LogP) is 3.76. The molecule has 132 valence electrons. The lowest BCUT2D eigenvalue weighted by Gasteiger charge is -2.10. The zero-order valence-electron chi connectivity index (χ0n) is 13.6. The van der Waals surface area contributed by atoms with Gasteiger partial charge in [0, 0.05) is 4.47 Å². The number of nitrogens with zero attached hydrogens (tertiary/aromatic N) is 1. The average molecular weight is 472 g/mol. The largest absolute Gasteiger partial charge is 0.496 e. The maximum atomic E-state index is 11.8. The van der Waals surface area contributed by atoms with Crippen LogP contribution >= 0.6 is 31.9 Å². The third kappa shape index (κ3) is 5.75. The lowest BCUT2D eigenvalue weighted by atomic mass is 10.2. The van der Waals surface area contributed by atoms with Gasteiger partial charge in [0.2, 0.25) is 0 Å². The van der Waals surface area contributed by atoms with Crippen molar-refractivity contribution in [1.29, 1.82) is 0 Å². The van der Waals surface area contributed by atoms with Gasteiger partial charge in [-0.1, -0.05) is 15.9 Å². The molecule has 0 heterocycles. The van der Waals surface area contributed by atoms with Crippen LogP contribution in [0.2, 0.25) is 0 Å². The van der Waals surface area contributed by atoms with Crippen molar-refractivity contribution in [1.82, 2.24) is 5.43 Å². The van der Waals surface area contributed by atoms with Crippen molar-refractivity contribution in [3.63, 3.8) is 0 Å². The molecule has 0 unspecified atom stereocenters. The number of carbonyl (C=O) groups excluding carboxylic acids is 1. The summed E-state index contributed by atoms with van der Waals surface area (Å²) in [6, 6.07) is 10.7. The number of hydrazone groups is 1. The van der Waals surface area contributed by atoms with E-state index >= 15 is 0 Å². The van der Waals surface area contributed by atoms with Crippen molar-refractivity contribution in [2.24, 2.45) is 5.10 Å². The number of amides is 1. The predicted molar refractivity (Wildman–Crippen MR) is 103 cm³/mol. The summed E-state index contributed by atoms with van der Waals surface area (Å²) in [5.74, 6) is 1.35. The van der Waals surface area contributed by atoms with Gasteiger partial charge in [-0.25, -0.2) is 5.43 Å². The van der Waals surface area contributed by atoms with E-state index in [0.717, 1.165) is 20.3 Å². The zero-order chi connectivity index (χ0) is 18.2. The van der Waals surface area contributed by atoms with Crippen molar-refractivity contribution >= 4 is 44.0 Å². The number of halogens is 2. The Bertz CT molecular complexity index is 781. The summed E-state index contributed by atoms with van der Waals surface area (Å²) in [6.45, 7) is -0.179. The van der Waals surface area contributed by atoms with Crippen LogP contribution in [0.25, 0.3) is 0 Å². The highest BCUT2D eigenvalue weighted by Gasteiger charge is 2.07. The molecular formula is C17H16Br2N2O4. The first-order valence-electron chi connectivity index (χ1n) is 7.15. The van der Waals surface area contributed by atoms with Crippen molar-refractivity contribution in [3.05, 3.63) is 50.9 Å². The van der Waals surface area contributed by atoms with Gasteiger partial charge in [-0.15, -0.1) is 0 Å². The van der Waals surface area contributed by atoms with Crippen LogP contribution in [0.3, 0.4) is 0 Å². The summed E-state index contributed by atoms with van der Waals surface area (Å²) in [5, 5.41) is 3.90. The Morgan fingerprint density at radius 1 is 1.08 bits per heavy atom. The van der Waals surface area contributed by atoms with E-state index in [1.165, 1.54) is 13.3 Å². The monoisotopic (exact) mass is 470 g/mol. The molecule has 1 N–H and O–H groups in total. The fraction of sp³-hybridized carbons (Fsp3) is 0.176. The molecule has 1 amide bonds. The van der Waals surface area contributed by atoms with Gasteiger partial charge < -0.3 is 14.2 Å². The van der Waals surface area contributed by atoms with Crippen LogP contribution in [0, 0.1) is 0 Å². The van der Waals surface area contributed by atoms with Gasteiger partial charge in [0.25, 0.3) is 5.91 Å². The van der Waals surface area contributed by atoms with Crippen LogP contribution in [0.5, 0.6) is 17.2 Å². The van der Waals surface area contributed by atoms with E-state index in [2.05, 4.69) is 42.4 Å². The van der Waals surface area contributed by atoms with Crippen LogP contribution < -0.4 is 19.6 Å². The number of benzene rings is 2. The highest BCUT2D eigenvalue weighted by Crippen LogP contribution is 2.30. The van der Waals surface area contributed by atoms with Gasteiger partial charge in [-0.3, -0.25) is 4.79 Å². The van der Waals surface area contributed by atoms with Crippen LogP contribution in [-0.4, -0.2) is 32.9 Å². The summed E-state index contributed by atoms with van der Waals surface area (Å²) in [5.41, 5.74) is 3.22. The van der Waals surface area contributed by atoms with E-state index in [4.69, 9.17) is 14.2 Å². The molecular weight excluding hydrogens is 456 g/mol. The number of ether oxygens (including phenoxy) is 3. The topological polar surface area (TPSA) is 69.2 Å². The number of hydrogen-bond donors (Lipinski definition) is 1. The van der Waals surface area contributed by atoms with Crippen molar-refractivity contribution in [2.45, 2.75) is 0 Å². The summed E-state index contributed by atoms with van der Waals surface area (Å²) in [6.07, 6.45) is 1.53. The van der Waals surface area contributed by atoms with E-state index < -0.39 is 0 Å². The number of carbonyl (C=O) groups is 1. The Balaban J connectivity index is 1.87. The Kier molecular flexibility index (Phi) is 7.27. The first-order chi connectivity index (χ1) is 12.0. The molecule has 0 atom stereocenters. The van der Waals surface area contributed by atoms with Crippen molar-refractivity contribution in [2.75, 3.05) is 20.8 Å². The standard InChI is InChI=1S/C17H16Br2N2O4/c1-23-14-5-3-11(7-13(14)19)9-20-21-17(22)10-25-15-6-4-12(18)8-16(15)24-2/h3-9H,10H2,1-2H3,(H,21,22)/b20-9+. The molecule has 0 saturated carbocycles. The van der Waals surface area contributed by atoms with Crippen molar-refractivity contribution < 1.29 is 19.0 Å². The SMILES string of the molecule is COc1ccc(/C=N/NC(=O)COc2ccc(Br)cc2OC)cc1Br. The van der Waals surface area contributed by atoms with Crippen LogP contribution in [0.4, 0.5) is 0 Å². The molecule has 2 aromatic rings. The molecule has 8 heteroatoms. The maximum absolute atomic E-state index is 11.8. The molecule has 0 aromatic heterocycles. The van der Waals surface area contributed by atoms with Crippen LogP contribution in [-0.2, 0) is 4.79 Å². The average Bonchev–Trinajstić information content (AvgIpc) is 2.60. The smallest absolute Gasteiger partial charge is 0.277 e. The second kappa shape index (κ2) is 9.43. The molecule has 0 aliphatic heterocycles. The number of methoxy groups -OCH3 is 2. The fourth-order valence-electron chi connectivity index (χ4n) is 1.88. The van der Waals surface area contributed by atoms with Gasteiger partial charge in [0.05, 0.1) is 24.9 Å². The molecule has 0 fully saturated rings. The molecule has 6 nitrogen and oxygen atoms in total. The molecule has 2 aromatic carbocycles. The highest BCUT2D eigenvalue weighted by atomic mass is 79.9. The second-order valence-corrected chi connectivity index (χ2v) is 6.54. The minimum Gasteiger partial charge on any atom is -0.496 e. The van der Waals surface area contributed by atoms with Gasteiger partial charge in [-0.2, -0.15) is 5.10 Å². The first-order valence-corrected chi connectivity index (χ1v) is 8.74. The molecule has 2 rings (SSSR count). The summed E-state index contributed by atoms with van der Waals surface area (Å²) < 4.78 is 17.4. The molecule has 0 saturated heterocycles. The Hall–Kier alpha value is -2.06. The maximum Gasteiger partial charge on any atom is 0.277 e. The Labute approximate surface area is 162 Å². The normalized spacial score (nSPS) is 10.6.